The van der Waals surface area contributed by atoms with Crippen molar-refractivity contribution in [2.24, 2.45) is 0 Å². The highest BCUT2D eigenvalue weighted by atomic mass is 32.2. The molecule has 0 radical (unpaired) electrons. The Kier molecular flexibility index (Phi) is 7.18. The summed E-state index contributed by atoms with van der Waals surface area (Å²) >= 11 is 1.38. The van der Waals surface area contributed by atoms with Gasteiger partial charge in [0.25, 0.3) is 11.8 Å². The average molecular weight is 459 g/mol. The molecule has 0 bridgehead atoms. The van der Waals surface area contributed by atoms with Crippen LogP contribution in [0.2, 0.25) is 0 Å². The van der Waals surface area contributed by atoms with Crippen LogP contribution >= 0.6 is 11.8 Å². The first-order chi connectivity index (χ1) is 15.2. The molecule has 3 atom stereocenters. The first kappa shape index (κ1) is 23.3. The first-order valence-corrected chi connectivity index (χ1v) is 10.9. The Labute approximate surface area is 188 Å². The Hall–Kier alpha value is -3.34. The molecule has 2 aliphatic rings. The summed E-state index contributed by atoms with van der Waals surface area (Å²) in [5, 5.41) is 26.3. The molecule has 1 saturated heterocycles. The van der Waals surface area contributed by atoms with Gasteiger partial charge in [0.15, 0.2) is 0 Å². The summed E-state index contributed by atoms with van der Waals surface area (Å²) in [5.41, 5.74) is 1.36. The van der Waals surface area contributed by atoms with Crippen molar-refractivity contribution >= 4 is 41.4 Å². The lowest BCUT2D eigenvalue weighted by Gasteiger charge is -2.50. The highest BCUT2D eigenvalue weighted by Crippen LogP contribution is 2.40. The molecule has 0 saturated carbocycles. The van der Waals surface area contributed by atoms with Crippen molar-refractivity contribution in [3.8, 4) is 0 Å². The fraction of sp³-hybridized carbons (Fsp3) is 0.381. The second kappa shape index (κ2) is 9.86. The lowest BCUT2D eigenvalue weighted by Crippen LogP contribution is -2.71. The zero-order chi connectivity index (χ0) is 23.4. The maximum absolute atomic E-state index is 12.8. The van der Waals surface area contributed by atoms with Gasteiger partial charge in [0.05, 0.1) is 18.4 Å². The van der Waals surface area contributed by atoms with Crippen LogP contribution < -0.4 is 20.8 Å². The van der Waals surface area contributed by atoms with E-state index < -0.39 is 54.1 Å². The van der Waals surface area contributed by atoms with E-state index in [0.717, 1.165) is 5.56 Å². The van der Waals surface area contributed by atoms with Crippen molar-refractivity contribution in [2.75, 3.05) is 5.75 Å². The molecule has 2 aliphatic heterocycles. The predicted molar refractivity (Wildman–Crippen MR) is 109 cm³/mol. The minimum absolute atomic E-state index is 0.00649. The summed E-state index contributed by atoms with van der Waals surface area (Å²) in [6.07, 6.45) is -0.878. The normalized spacial score (nSPS) is 20.7. The number of benzene rings is 1. The molecule has 2 N–H and O–H groups in total. The minimum Gasteiger partial charge on any atom is -0.550 e. The molecule has 0 aliphatic carbocycles. The van der Waals surface area contributed by atoms with Crippen LogP contribution in [0.4, 0.5) is 0 Å². The largest absolute Gasteiger partial charge is 0.550 e. The van der Waals surface area contributed by atoms with Gasteiger partial charge in [-0.15, -0.1) is 11.8 Å². The van der Waals surface area contributed by atoms with Crippen molar-refractivity contribution in [2.45, 2.75) is 43.6 Å². The Bertz CT molecular complexity index is 979. The second-order valence-electron chi connectivity index (χ2n) is 7.50. The van der Waals surface area contributed by atoms with Crippen molar-refractivity contribution in [3.63, 3.8) is 0 Å². The summed E-state index contributed by atoms with van der Waals surface area (Å²) in [6.45, 7) is 1.64. The number of carbonyl (C=O) groups excluding carboxylic acids is 5. The summed E-state index contributed by atoms with van der Waals surface area (Å²) < 4.78 is 0. The van der Waals surface area contributed by atoms with Crippen LogP contribution in [0.5, 0.6) is 0 Å². The van der Waals surface area contributed by atoms with E-state index in [1.54, 1.807) is 31.2 Å². The molecule has 3 rings (SSSR count). The number of carboxylic acids is 2. The maximum Gasteiger partial charge on any atom is 0.268 e. The van der Waals surface area contributed by atoms with Gasteiger partial charge in [0, 0.05) is 11.7 Å². The third-order valence-electron chi connectivity index (χ3n) is 5.12. The number of fused-ring (bicyclic) bond motifs is 1. The summed E-state index contributed by atoms with van der Waals surface area (Å²) in [5.74, 6) is -4.32. The van der Waals surface area contributed by atoms with Gasteiger partial charge in [0.2, 0.25) is 5.91 Å². The van der Waals surface area contributed by atoms with Crippen LogP contribution in [0, 0.1) is 0 Å². The van der Waals surface area contributed by atoms with Gasteiger partial charge >= 0.3 is 0 Å². The molecule has 11 heteroatoms. The number of hydrogen-bond donors (Lipinski definition) is 2. The zero-order valence-electron chi connectivity index (χ0n) is 17.2. The highest BCUT2D eigenvalue weighted by molar-refractivity contribution is 8.00. The number of aliphatic carboxylic acids is 2. The molecular formula is C21H21N3O7S-2. The molecule has 1 fully saturated rings. The third kappa shape index (κ3) is 5.10. The van der Waals surface area contributed by atoms with Gasteiger partial charge in [-0.1, -0.05) is 30.3 Å². The summed E-state index contributed by atoms with van der Waals surface area (Å²) in [4.78, 5) is 61.0. The fourth-order valence-electron chi connectivity index (χ4n) is 3.54. The van der Waals surface area contributed by atoms with Crippen molar-refractivity contribution < 1.29 is 34.2 Å². The topological polar surface area (TPSA) is 159 Å². The highest BCUT2D eigenvalue weighted by Gasteiger charge is 2.53. The number of carboxylic acid groups (broad SMARTS) is 2. The number of nitrogens with zero attached hydrogens (tertiary/aromatic N) is 1. The number of hydrogen-bond acceptors (Lipinski definition) is 8. The number of carbonyl (C=O) groups is 5. The van der Waals surface area contributed by atoms with E-state index in [0.29, 0.717) is 11.3 Å². The van der Waals surface area contributed by atoms with E-state index in [1.807, 2.05) is 6.07 Å². The van der Waals surface area contributed by atoms with Gasteiger partial charge in [-0.05, 0) is 30.9 Å². The maximum atomic E-state index is 12.8. The molecule has 32 heavy (non-hydrogen) atoms. The van der Waals surface area contributed by atoms with Crippen LogP contribution in [0.3, 0.4) is 0 Å². The fourth-order valence-corrected chi connectivity index (χ4v) is 4.83. The number of β-lactam (4-membered cyclic amide) rings is 1. The van der Waals surface area contributed by atoms with Gasteiger partial charge < -0.3 is 30.4 Å². The first-order valence-electron chi connectivity index (χ1n) is 9.88. The summed E-state index contributed by atoms with van der Waals surface area (Å²) in [6, 6.07) is 6.69. The zero-order valence-corrected chi connectivity index (χ0v) is 18.0. The number of nitrogens with one attached hydrogen (secondary N) is 2. The lowest BCUT2D eigenvalue weighted by molar-refractivity contribution is -0.310. The Morgan fingerprint density at radius 1 is 1.19 bits per heavy atom. The van der Waals surface area contributed by atoms with Crippen molar-refractivity contribution in [3.05, 3.63) is 47.2 Å². The monoisotopic (exact) mass is 459 g/mol. The van der Waals surface area contributed by atoms with Gasteiger partial charge in [-0.2, -0.15) is 0 Å². The molecule has 1 aromatic carbocycles. The lowest BCUT2D eigenvalue weighted by atomic mass is 10.0. The molecule has 3 amide bonds. The quantitative estimate of drug-likeness (QED) is 0.389. The molecule has 0 aromatic heterocycles. The minimum atomic E-state index is -1.64. The Balaban J connectivity index is 1.66. The van der Waals surface area contributed by atoms with Crippen LogP contribution in [-0.4, -0.2) is 57.8 Å². The van der Waals surface area contributed by atoms with Gasteiger partial charge in [-0.25, -0.2) is 0 Å². The average Bonchev–Trinajstić information content (AvgIpc) is 2.74. The predicted octanol–water partition coefficient (Wildman–Crippen LogP) is -2.33. The van der Waals surface area contributed by atoms with E-state index in [4.69, 9.17) is 0 Å². The molecule has 1 aromatic rings. The number of amides is 3. The number of rotatable bonds is 9. The van der Waals surface area contributed by atoms with Gasteiger partial charge in [0.1, 0.15) is 17.1 Å². The molecule has 0 spiro atoms. The van der Waals surface area contributed by atoms with Crippen molar-refractivity contribution in [1.82, 2.24) is 15.5 Å². The SMILES string of the molecule is CC1=C(C(=O)NC(CCC(=O)[O-])C(=O)[O-])N2C(=O)C(NC(=O)Cc3ccccc3)C2SC1. The standard InChI is InChI=1S/C21H23N3O7S/c1-11-10-32-20-16(23-14(25)9-12-5-3-2-4-6-12)19(29)24(20)17(11)18(28)22-13(21(30)31)7-8-15(26)27/h2-6,13,16,20H,7-10H2,1H3,(H,22,28)(H,23,25)(H,26,27)(H,30,31)/p-2. The van der Waals surface area contributed by atoms with E-state index in [1.165, 1.54) is 16.7 Å². The van der Waals surface area contributed by atoms with E-state index in [2.05, 4.69) is 10.6 Å². The van der Waals surface area contributed by atoms with Crippen molar-refractivity contribution in [1.29, 1.82) is 0 Å². The Morgan fingerprint density at radius 2 is 1.88 bits per heavy atom. The van der Waals surface area contributed by atoms with E-state index in [9.17, 15) is 34.2 Å². The van der Waals surface area contributed by atoms with Crippen LogP contribution in [-0.2, 0) is 30.4 Å². The van der Waals surface area contributed by atoms with Crippen LogP contribution in [0.15, 0.2) is 41.6 Å². The van der Waals surface area contributed by atoms with Crippen LogP contribution in [0.1, 0.15) is 25.3 Å². The smallest absolute Gasteiger partial charge is 0.268 e. The van der Waals surface area contributed by atoms with Crippen LogP contribution in [0.25, 0.3) is 0 Å². The van der Waals surface area contributed by atoms with E-state index >= 15 is 0 Å². The summed E-state index contributed by atoms with van der Waals surface area (Å²) in [7, 11) is 0. The second-order valence-corrected chi connectivity index (χ2v) is 8.61. The van der Waals surface area contributed by atoms with Gasteiger partial charge in [-0.3, -0.25) is 19.3 Å². The Morgan fingerprint density at radius 3 is 2.50 bits per heavy atom. The molecular weight excluding hydrogens is 438 g/mol. The number of thioether (sulfide) groups is 1. The molecule has 10 nitrogen and oxygen atoms in total. The van der Waals surface area contributed by atoms with E-state index in [-0.39, 0.29) is 18.0 Å². The molecule has 2 heterocycles. The third-order valence-corrected chi connectivity index (χ3v) is 6.55. The molecule has 3 unspecified atom stereocenters. The molecule has 170 valence electrons.